The third-order valence-corrected chi connectivity index (χ3v) is 4.75. The number of aromatic nitrogens is 2. The molecule has 3 rings (SSSR count). The van der Waals surface area contributed by atoms with Crippen LogP contribution in [0.4, 0.5) is 0 Å². The molecule has 122 valence electrons. The summed E-state index contributed by atoms with van der Waals surface area (Å²) in [4.78, 5) is 31.3. The Morgan fingerprint density at radius 2 is 2.22 bits per heavy atom. The molecule has 0 aliphatic carbocycles. The first-order chi connectivity index (χ1) is 11.1. The number of halogens is 1. The third kappa shape index (κ3) is 3.24. The second kappa shape index (κ2) is 6.71. The molecular formula is C17H20ClN3O2. The maximum atomic E-state index is 12.6. The Morgan fingerprint density at radius 1 is 1.39 bits per heavy atom. The smallest absolute Gasteiger partial charge is 0.261 e. The zero-order valence-electron chi connectivity index (χ0n) is 13.2. The Bertz CT molecular complexity index is 787. The number of hydrogen-bond donors (Lipinski definition) is 0. The van der Waals surface area contributed by atoms with Gasteiger partial charge in [-0.25, -0.2) is 4.98 Å². The molecule has 1 fully saturated rings. The van der Waals surface area contributed by atoms with Crippen molar-refractivity contribution in [3.05, 3.63) is 39.9 Å². The van der Waals surface area contributed by atoms with Crippen LogP contribution >= 0.6 is 11.6 Å². The highest BCUT2D eigenvalue weighted by molar-refractivity contribution is 6.31. The van der Waals surface area contributed by atoms with E-state index in [9.17, 15) is 9.59 Å². The second-order valence-corrected chi connectivity index (χ2v) is 6.42. The predicted molar refractivity (Wildman–Crippen MR) is 90.7 cm³/mol. The van der Waals surface area contributed by atoms with Gasteiger partial charge in [-0.05, 0) is 43.9 Å². The summed E-state index contributed by atoms with van der Waals surface area (Å²) in [5.74, 6) is -0.0122. The normalized spacial score (nSPS) is 18.3. The quantitative estimate of drug-likeness (QED) is 0.868. The molecular weight excluding hydrogens is 314 g/mol. The zero-order chi connectivity index (χ0) is 16.4. The van der Waals surface area contributed by atoms with Crippen molar-refractivity contribution < 1.29 is 4.79 Å². The number of nitrogens with zero attached hydrogens (tertiary/aromatic N) is 3. The summed E-state index contributed by atoms with van der Waals surface area (Å²) < 4.78 is 1.38. The summed E-state index contributed by atoms with van der Waals surface area (Å²) in [6.07, 6.45) is 5.64. The molecule has 5 nitrogen and oxygen atoms in total. The first-order valence-electron chi connectivity index (χ1n) is 8.04. The van der Waals surface area contributed by atoms with Crippen molar-refractivity contribution in [3.8, 4) is 0 Å². The van der Waals surface area contributed by atoms with Crippen molar-refractivity contribution in [2.24, 2.45) is 0 Å². The highest BCUT2D eigenvalue weighted by Gasteiger charge is 2.25. The van der Waals surface area contributed by atoms with Crippen molar-refractivity contribution in [1.29, 1.82) is 0 Å². The van der Waals surface area contributed by atoms with E-state index < -0.39 is 0 Å². The lowest BCUT2D eigenvalue weighted by atomic mass is 10.00. The third-order valence-electron chi connectivity index (χ3n) is 4.51. The zero-order valence-corrected chi connectivity index (χ0v) is 13.9. The summed E-state index contributed by atoms with van der Waals surface area (Å²) >= 11 is 5.96. The maximum Gasteiger partial charge on any atom is 0.261 e. The van der Waals surface area contributed by atoms with E-state index in [0.29, 0.717) is 15.9 Å². The van der Waals surface area contributed by atoms with Crippen LogP contribution < -0.4 is 5.56 Å². The summed E-state index contributed by atoms with van der Waals surface area (Å²) in [6.45, 7) is 2.91. The predicted octanol–water partition coefficient (Wildman–Crippen LogP) is 2.84. The van der Waals surface area contributed by atoms with Gasteiger partial charge in [0.25, 0.3) is 5.56 Å². The van der Waals surface area contributed by atoms with Crippen LogP contribution in [0.3, 0.4) is 0 Å². The fourth-order valence-electron chi connectivity index (χ4n) is 3.23. The molecule has 0 bridgehead atoms. The number of amides is 1. The van der Waals surface area contributed by atoms with Gasteiger partial charge in [0.05, 0.1) is 17.2 Å². The standard InChI is InChI=1S/C17H20ClN3O2/c1-2-13-5-3-4-8-21(13)16(22)10-20-11-19-15-7-6-12(18)9-14(15)17(20)23/h6-7,9,11,13H,2-5,8,10H2,1H3/t13-/m0/s1. The van der Waals surface area contributed by atoms with Crippen LogP contribution in [0.25, 0.3) is 10.9 Å². The molecule has 1 aliphatic heterocycles. The summed E-state index contributed by atoms with van der Waals surface area (Å²) in [5.41, 5.74) is 0.364. The minimum Gasteiger partial charge on any atom is -0.338 e. The van der Waals surface area contributed by atoms with Crippen LogP contribution in [0.1, 0.15) is 32.6 Å². The van der Waals surface area contributed by atoms with Gasteiger partial charge >= 0.3 is 0 Å². The molecule has 0 unspecified atom stereocenters. The van der Waals surface area contributed by atoms with Crippen LogP contribution in [-0.4, -0.2) is 32.9 Å². The molecule has 1 aliphatic rings. The number of fused-ring (bicyclic) bond motifs is 1. The number of carbonyl (C=O) groups excluding carboxylic acids is 1. The topological polar surface area (TPSA) is 55.2 Å². The van der Waals surface area contributed by atoms with Crippen molar-refractivity contribution in [2.75, 3.05) is 6.54 Å². The molecule has 0 spiro atoms. The Hall–Kier alpha value is -1.88. The monoisotopic (exact) mass is 333 g/mol. The van der Waals surface area contributed by atoms with Gasteiger partial charge in [0, 0.05) is 17.6 Å². The number of hydrogen-bond acceptors (Lipinski definition) is 3. The van der Waals surface area contributed by atoms with Gasteiger partial charge in [0.15, 0.2) is 0 Å². The van der Waals surface area contributed by atoms with E-state index in [1.54, 1.807) is 18.2 Å². The lowest BCUT2D eigenvalue weighted by molar-refractivity contribution is -0.135. The maximum absolute atomic E-state index is 12.6. The Labute approximate surface area is 139 Å². The van der Waals surface area contributed by atoms with Crippen LogP contribution in [0, 0.1) is 0 Å². The molecule has 1 saturated heterocycles. The van der Waals surface area contributed by atoms with Gasteiger partial charge in [0.1, 0.15) is 6.54 Å². The van der Waals surface area contributed by atoms with E-state index in [0.717, 1.165) is 32.2 Å². The molecule has 6 heteroatoms. The van der Waals surface area contributed by atoms with E-state index in [-0.39, 0.29) is 24.1 Å². The van der Waals surface area contributed by atoms with Gasteiger partial charge < -0.3 is 4.90 Å². The molecule has 1 amide bonds. The van der Waals surface area contributed by atoms with Crippen LogP contribution in [0.5, 0.6) is 0 Å². The number of benzene rings is 1. The Balaban J connectivity index is 1.87. The fraction of sp³-hybridized carbons (Fsp3) is 0.471. The van der Waals surface area contributed by atoms with Gasteiger partial charge in [-0.1, -0.05) is 18.5 Å². The molecule has 2 heterocycles. The van der Waals surface area contributed by atoms with E-state index in [1.807, 2.05) is 4.90 Å². The van der Waals surface area contributed by atoms with Gasteiger partial charge in [0.2, 0.25) is 5.91 Å². The highest BCUT2D eigenvalue weighted by atomic mass is 35.5. The molecule has 2 aromatic rings. The molecule has 0 N–H and O–H groups in total. The fourth-order valence-corrected chi connectivity index (χ4v) is 3.41. The minimum atomic E-state index is -0.226. The van der Waals surface area contributed by atoms with Crippen molar-refractivity contribution in [3.63, 3.8) is 0 Å². The number of likely N-dealkylation sites (tertiary alicyclic amines) is 1. The van der Waals surface area contributed by atoms with Gasteiger partial charge in [-0.15, -0.1) is 0 Å². The highest BCUT2D eigenvalue weighted by Crippen LogP contribution is 2.20. The summed E-state index contributed by atoms with van der Waals surface area (Å²) in [6, 6.07) is 5.30. The molecule has 0 radical (unpaired) electrons. The molecule has 23 heavy (non-hydrogen) atoms. The molecule has 1 aromatic heterocycles. The first-order valence-corrected chi connectivity index (χ1v) is 8.42. The molecule has 1 aromatic carbocycles. The second-order valence-electron chi connectivity index (χ2n) is 5.98. The van der Waals surface area contributed by atoms with Gasteiger partial charge in [-0.3, -0.25) is 14.2 Å². The minimum absolute atomic E-state index is 0.0122. The average molecular weight is 334 g/mol. The van der Waals surface area contributed by atoms with Crippen molar-refractivity contribution in [2.45, 2.75) is 45.2 Å². The SMILES string of the molecule is CC[C@H]1CCCCN1C(=O)Cn1cnc2ccc(Cl)cc2c1=O. The first kappa shape index (κ1) is 16.0. The van der Waals surface area contributed by atoms with Crippen LogP contribution in [-0.2, 0) is 11.3 Å². The van der Waals surface area contributed by atoms with Crippen LogP contribution in [0.2, 0.25) is 5.02 Å². The van der Waals surface area contributed by atoms with E-state index in [4.69, 9.17) is 11.6 Å². The van der Waals surface area contributed by atoms with Crippen LogP contribution in [0.15, 0.2) is 29.3 Å². The average Bonchev–Trinajstić information content (AvgIpc) is 2.57. The van der Waals surface area contributed by atoms with E-state index in [1.165, 1.54) is 10.9 Å². The van der Waals surface area contributed by atoms with E-state index >= 15 is 0 Å². The molecule has 0 saturated carbocycles. The Kier molecular flexibility index (Phi) is 4.66. The largest absolute Gasteiger partial charge is 0.338 e. The van der Waals surface area contributed by atoms with Crippen molar-refractivity contribution >= 4 is 28.4 Å². The Morgan fingerprint density at radius 3 is 3.00 bits per heavy atom. The summed E-state index contributed by atoms with van der Waals surface area (Å²) in [7, 11) is 0. The van der Waals surface area contributed by atoms with E-state index in [2.05, 4.69) is 11.9 Å². The van der Waals surface area contributed by atoms with Gasteiger partial charge in [-0.2, -0.15) is 0 Å². The number of carbonyl (C=O) groups is 1. The number of piperidine rings is 1. The summed E-state index contributed by atoms with van der Waals surface area (Å²) in [5, 5.41) is 0.932. The lowest BCUT2D eigenvalue weighted by Crippen LogP contribution is -2.45. The molecule has 1 atom stereocenters. The lowest BCUT2D eigenvalue weighted by Gasteiger charge is -2.35. The number of rotatable bonds is 3. The van der Waals surface area contributed by atoms with Crippen molar-refractivity contribution in [1.82, 2.24) is 14.5 Å².